The molecule has 0 bridgehead atoms. The molecule has 5 saturated heterocycles. The van der Waals surface area contributed by atoms with Gasteiger partial charge in [-0.15, -0.1) is 0 Å². The molecule has 12 heteroatoms. The summed E-state index contributed by atoms with van der Waals surface area (Å²) in [4.78, 5) is 42.0. The summed E-state index contributed by atoms with van der Waals surface area (Å²) in [5.74, 6) is 1.97. The molecule has 7 aliphatic rings. The maximum atomic E-state index is 13.8. The number of aliphatic hydroxyl groups excluding tert-OH is 1. The minimum atomic E-state index is -0.998. The molecule has 0 aromatic carbocycles. The number of nitrogens with one attached hydrogen (secondary N) is 1. The van der Waals surface area contributed by atoms with Crippen molar-refractivity contribution in [3.63, 3.8) is 0 Å². The second kappa shape index (κ2) is 13.6. The zero-order valence-electron chi connectivity index (χ0n) is 27.7. The molecule has 0 aromatic heterocycles. The van der Waals surface area contributed by atoms with Crippen LogP contribution >= 0.6 is 21.6 Å². The van der Waals surface area contributed by atoms with E-state index in [2.05, 4.69) is 16.3 Å². The Hall–Kier alpha value is -1.57. The van der Waals surface area contributed by atoms with Crippen molar-refractivity contribution in [2.24, 2.45) is 35.3 Å². The molecular formula is C35H51N3O7S2. The van der Waals surface area contributed by atoms with E-state index < -0.39 is 17.2 Å². The second-order valence-electron chi connectivity index (χ2n) is 15.1. The third kappa shape index (κ3) is 6.22. The number of nitrogens with two attached hydrogens (primary N) is 1. The minimum Gasteiger partial charge on any atom is -0.462 e. The van der Waals surface area contributed by atoms with E-state index in [1.165, 1.54) is 5.57 Å². The molecule has 5 heterocycles. The molecule has 260 valence electrons. The van der Waals surface area contributed by atoms with Crippen LogP contribution in [0.2, 0.25) is 0 Å². The highest BCUT2D eigenvalue weighted by Crippen LogP contribution is 2.62. The van der Waals surface area contributed by atoms with Gasteiger partial charge in [0, 0.05) is 80.8 Å². The Balaban J connectivity index is 1.31. The van der Waals surface area contributed by atoms with E-state index in [9.17, 15) is 19.5 Å². The summed E-state index contributed by atoms with van der Waals surface area (Å²) in [6, 6.07) is 0.306. The summed E-state index contributed by atoms with van der Waals surface area (Å²) >= 11 is 0. The fourth-order valence-electron chi connectivity index (χ4n) is 9.97. The summed E-state index contributed by atoms with van der Waals surface area (Å²) in [5.41, 5.74) is 6.58. The van der Waals surface area contributed by atoms with Crippen LogP contribution in [-0.4, -0.2) is 94.7 Å². The van der Waals surface area contributed by atoms with Crippen molar-refractivity contribution in [1.82, 2.24) is 10.2 Å². The maximum absolute atomic E-state index is 13.8. The van der Waals surface area contributed by atoms with Gasteiger partial charge in [0.15, 0.2) is 0 Å². The molecule has 47 heavy (non-hydrogen) atoms. The van der Waals surface area contributed by atoms with E-state index in [0.29, 0.717) is 56.2 Å². The Bertz CT molecular complexity index is 1310. The predicted molar refractivity (Wildman–Crippen MR) is 181 cm³/mol. The molecule has 2 aliphatic carbocycles. The average molecular weight is 690 g/mol. The Morgan fingerprint density at radius 2 is 2.04 bits per heavy atom. The summed E-state index contributed by atoms with van der Waals surface area (Å²) in [7, 11) is 3.70. The zero-order chi connectivity index (χ0) is 32.9. The number of aliphatic hydroxyl groups is 1. The number of rotatable bonds is 4. The number of nitrogens with zero attached hydrogens (tertiary/aromatic N) is 1. The monoisotopic (exact) mass is 689 g/mol. The Morgan fingerprint density at radius 3 is 2.81 bits per heavy atom. The van der Waals surface area contributed by atoms with E-state index >= 15 is 0 Å². The number of fused-ring (bicyclic) bond motifs is 7. The fraction of sp³-hybridized carbons (Fsp3) is 0.800. The molecule has 5 aliphatic heterocycles. The molecule has 7 rings (SSSR count). The third-order valence-corrected chi connectivity index (χ3v) is 15.0. The third-order valence-electron chi connectivity index (χ3n) is 12.6. The van der Waals surface area contributed by atoms with Gasteiger partial charge in [-0.3, -0.25) is 9.59 Å². The normalized spacial score (nSPS) is 43.8. The van der Waals surface area contributed by atoms with Crippen LogP contribution < -0.4 is 11.1 Å². The van der Waals surface area contributed by atoms with E-state index in [4.69, 9.17) is 19.9 Å². The minimum absolute atomic E-state index is 0.0448. The van der Waals surface area contributed by atoms with Gasteiger partial charge in [0.25, 0.3) is 0 Å². The van der Waals surface area contributed by atoms with Crippen molar-refractivity contribution in [2.75, 3.05) is 31.2 Å². The van der Waals surface area contributed by atoms with E-state index in [0.717, 1.165) is 43.7 Å². The lowest BCUT2D eigenvalue weighted by Crippen LogP contribution is -2.65. The van der Waals surface area contributed by atoms with E-state index in [-0.39, 0.29) is 66.9 Å². The smallest absolute Gasteiger partial charge is 0.334 e. The lowest BCUT2D eigenvalue weighted by atomic mass is 9.56. The number of ether oxygens (including phenoxy) is 3. The van der Waals surface area contributed by atoms with Crippen LogP contribution in [-0.2, 0) is 28.6 Å². The van der Waals surface area contributed by atoms with Gasteiger partial charge in [-0.05, 0) is 69.6 Å². The van der Waals surface area contributed by atoms with Crippen molar-refractivity contribution in [3.8, 4) is 0 Å². The van der Waals surface area contributed by atoms with Gasteiger partial charge in [0.2, 0.25) is 5.91 Å². The topological polar surface area (TPSA) is 140 Å². The standard InChI is InChI=1S/C35H51N3O7S2/c1-3-20(8-11-39)33(42)45-34(2)9-6-22-18-46-47-19-25-7-10-38(25)30(40)13-24-17-37-29(36)14-26(24)32(22)35(34)16-23-12-21-4-5-31(41)43-27(21)15-28(23)44-35/h3,6,21,23-29,32,37,39H,4-5,7-19,36H2,1-2H3/t21?,23?,24?,25-,26?,27?,28?,29?,32-,34+,35+/m1/s1. The highest BCUT2D eigenvalue weighted by molar-refractivity contribution is 8.76. The summed E-state index contributed by atoms with van der Waals surface area (Å²) < 4.78 is 20.0. The van der Waals surface area contributed by atoms with E-state index in [1.54, 1.807) is 13.0 Å². The molecule has 6 fully saturated rings. The number of carbonyl (C=O) groups is 3. The van der Waals surface area contributed by atoms with Crippen LogP contribution in [0.15, 0.2) is 23.3 Å². The highest BCUT2D eigenvalue weighted by atomic mass is 33.1. The van der Waals surface area contributed by atoms with Crippen LogP contribution in [0.3, 0.4) is 0 Å². The number of esters is 2. The first-order valence-corrected chi connectivity index (χ1v) is 20.2. The van der Waals surface area contributed by atoms with Gasteiger partial charge in [0.05, 0.1) is 12.3 Å². The summed E-state index contributed by atoms with van der Waals surface area (Å²) in [6.45, 7) is 5.18. The number of carbonyl (C=O) groups excluding carboxylic acids is 3. The number of hydrogen-bond donors (Lipinski definition) is 3. The molecule has 0 radical (unpaired) electrons. The quantitative estimate of drug-likeness (QED) is 0.172. The predicted octanol–water partition coefficient (Wildman–Crippen LogP) is 3.72. The fourth-order valence-corrected chi connectivity index (χ4v) is 12.5. The molecule has 4 N–H and O–H groups in total. The van der Waals surface area contributed by atoms with Crippen LogP contribution in [0.5, 0.6) is 0 Å². The number of piperidine rings is 1. The average Bonchev–Trinajstić information content (AvgIpc) is 3.39. The first-order valence-electron chi connectivity index (χ1n) is 17.7. The van der Waals surface area contributed by atoms with Gasteiger partial charge >= 0.3 is 11.9 Å². The van der Waals surface area contributed by atoms with Crippen LogP contribution in [0.25, 0.3) is 0 Å². The van der Waals surface area contributed by atoms with Crippen molar-refractivity contribution >= 4 is 39.4 Å². The second-order valence-corrected chi connectivity index (χ2v) is 17.6. The van der Waals surface area contributed by atoms with Gasteiger partial charge < -0.3 is 35.3 Å². The zero-order valence-corrected chi connectivity index (χ0v) is 29.3. The number of amides is 1. The summed E-state index contributed by atoms with van der Waals surface area (Å²) in [5, 5.41) is 13.2. The van der Waals surface area contributed by atoms with Gasteiger partial charge in [-0.25, -0.2) is 4.79 Å². The molecule has 11 atom stereocenters. The molecule has 1 amide bonds. The molecular weight excluding hydrogens is 639 g/mol. The molecule has 7 unspecified atom stereocenters. The van der Waals surface area contributed by atoms with Crippen molar-refractivity contribution in [2.45, 2.75) is 114 Å². The Kier molecular flexibility index (Phi) is 9.83. The Labute approximate surface area is 286 Å². The molecule has 10 nitrogen and oxygen atoms in total. The molecule has 0 aromatic rings. The van der Waals surface area contributed by atoms with E-state index in [1.807, 2.05) is 28.5 Å². The number of allylic oxidation sites excluding steroid dienone is 1. The van der Waals surface area contributed by atoms with Gasteiger partial charge in [0.1, 0.15) is 17.3 Å². The molecule has 1 spiro atoms. The lowest BCUT2D eigenvalue weighted by Gasteiger charge is -2.57. The van der Waals surface area contributed by atoms with Crippen molar-refractivity contribution < 1.29 is 33.7 Å². The van der Waals surface area contributed by atoms with Gasteiger partial charge in [-0.1, -0.05) is 39.3 Å². The van der Waals surface area contributed by atoms with Gasteiger partial charge in [-0.2, -0.15) is 0 Å². The first-order chi connectivity index (χ1) is 22.6. The van der Waals surface area contributed by atoms with Crippen molar-refractivity contribution in [3.05, 3.63) is 23.3 Å². The Morgan fingerprint density at radius 1 is 1.19 bits per heavy atom. The lowest BCUT2D eigenvalue weighted by molar-refractivity contribution is -0.229. The van der Waals surface area contributed by atoms with Crippen LogP contribution in [0.4, 0.5) is 0 Å². The highest BCUT2D eigenvalue weighted by Gasteiger charge is 2.68. The van der Waals surface area contributed by atoms with Crippen LogP contribution in [0.1, 0.15) is 78.1 Å². The largest absolute Gasteiger partial charge is 0.462 e. The summed E-state index contributed by atoms with van der Waals surface area (Å²) in [6.07, 6.45) is 10.1. The SMILES string of the molecule is CC=C(CCO)C(=O)O[C@@]1(C)CC=C2CSSC[C@H]3CCN3C(=O)CC3CNC(N)CC3[C@@H]2[C@@]12CC1CC3CCC(=O)OC3CC1O2. The number of hydrogen-bond acceptors (Lipinski definition) is 11. The first kappa shape index (κ1) is 33.9. The maximum Gasteiger partial charge on any atom is 0.334 e. The van der Waals surface area contributed by atoms with Crippen molar-refractivity contribution in [1.29, 1.82) is 0 Å². The van der Waals surface area contributed by atoms with Crippen LogP contribution in [0, 0.1) is 29.6 Å². The molecule has 1 saturated carbocycles.